The first-order valence-corrected chi connectivity index (χ1v) is 52.2. The van der Waals surface area contributed by atoms with Gasteiger partial charge in [-0.2, -0.15) is 0 Å². The lowest BCUT2D eigenvalue weighted by Gasteiger charge is -2.13. The van der Waals surface area contributed by atoms with Crippen LogP contribution in [0.1, 0.15) is 460 Å². The number of hydrogen-bond donors (Lipinski definition) is 0. The van der Waals surface area contributed by atoms with Crippen molar-refractivity contribution in [1.82, 2.24) is 15.0 Å². The highest BCUT2D eigenvalue weighted by Gasteiger charge is 2.16. The molecule has 126 heavy (non-hydrogen) atoms. The van der Waals surface area contributed by atoms with Gasteiger partial charge in [0.05, 0.1) is 39.6 Å². The van der Waals surface area contributed by atoms with Gasteiger partial charge in [0.15, 0.2) is 52.0 Å². The summed E-state index contributed by atoms with van der Waals surface area (Å²) in [5.41, 5.74) is 7.85. The molecular weight excluding hydrogens is 1540 g/mol. The summed E-state index contributed by atoms with van der Waals surface area (Å²) in [7, 11) is 0. The molecule has 1 aromatic heterocycles. The van der Waals surface area contributed by atoms with Crippen molar-refractivity contribution in [2.24, 2.45) is 0 Å². The summed E-state index contributed by atoms with van der Waals surface area (Å²) in [4.78, 5) is 15.6. The molecule has 0 amide bonds. The van der Waals surface area contributed by atoms with Crippen LogP contribution in [-0.4, -0.2) is 54.6 Å². The van der Waals surface area contributed by atoms with Crippen molar-refractivity contribution < 1.29 is 28.4 Å². The van der Waals surface area contributed by atoms with E-state index in [0.29, 0.717) is 57.1 Å². The van der Waals surface area contributed by atoms with Gasteiger partial charge in [0.2, 0.25) is 0 Å². The van der Waals surface area contributed by atoms with Crippen molar-refractivity contribution in [2.45, 2.75) is 427 Å². The monoisotopic (exact) mass is 1710 g/mol. The van der Waals surface area contributed by atoms with Crippen LogP contribution in [0.2, 0.25) is 0 Å². The summed E-state index contributed by atoms with van der Waals surface area (Å²) in [6.07, 6.45) is 77.2. The van der Waals surface area contributed by atoms with E-state index in [4.69, 9.17) is 43.4 Å². The van der Waals surface area contributed by atoms with Crippen molar-refractivity contribution in [3.05, 3.63) is 161 Å². The van der Waals surface area contributed by atoms with Gasteiger partial charge in [-0.3, -0.25) is 0 Å². The van der Waals surface area contributed by atoms with Crippen LogP contribution in [-0.2, 0) is 0 Å². The van der Waals surface area contributed by atoms with Crippen molar-refractivity contribution >= 4 is 0 Å². The molecule has 0 aliphatic heterocycles. The minimum atomic E-state index is 0.559. The number of benzene rings is 6. The van der Waals surface area contributed by atoms with E-state index < -0.39 is 0 Å². The lowest BCUT2D eigenvalue weighted by Crippen LogP contribution is -2.03. The highest BCUT2D eigenvalue weighted by molar-refractivity contribution is 5.68. The highest BCUT2D eigenvalue weighted by Crippen LogP contribution is 2.34. The topological polar surface area (TPSA) is 94.1 Å². The zero-order valence-corrected chi connectivity index (χ0v) is 80.6. The smallest absolute Gasteiger partial charge is 0.164 e. The normalized spacial score (nSPS) is 11.1. The summed E-state index contributed by atoms with van der Waals surface area (Å²) in [5, 5.41) is 0. The van der Waals surface area contributed by atoms with Gasteiger partial charge in [0, 0.05) is 50.1 Å². The maximum Gasteiger partial charge on any atom is 0.164 e. The van der Waals surface area contributed by atoms with E-state index in [1.807, 2.05) is 0 Å². The van der Waals surface area contributed by atoms with Gasteiger partial charge >= 0.3 is 0 Å². The number of nitrogens with zero attached hydrogens (tertiary/aromatic N) is 3. The average molecular weight is 1720 g/mol. The first-order valence-electron chi connectivity index (χ1n) is 52.2. The Morgan fingerprint density at radius 1 is 0.159 bits per heavy atom. The van der Waals surface area contributed by atoms with Gasteiger partial charge in [0.25, 0.3) is 0 Å². The van der Waals surface area contributed by atoms with Crippen LogP contribution >= 0.6 is 0 Å². The van der Waals surface area contributed by atoms with Gasteiger partial charge in [-0.1, -0.05) is 424 Å². The van der Waals surface area contributed by atoms with Gasteiger partial charge in [0.1, 0.15) is 0 Å². The van der Waals surface area contributed by atoms with E-state index in [0.717, 1.165) is 123 Å². The molecule has 0 saturated heterocycles. The van der Waals surface area contributed by atoms with Crippen LogP contribution in [0.3, 0.4) is 0 Å². The fourth-order valence-corrected chi connectivity index (χ4v) is 16.4. The second-order valence-corrected chi connectivity index (χ2v) is 36.0. The van der Waals surface area contributed by atoms with Gasteiger partial charge in [-0.15, -0.1) is 0 Å². The molecule has 0 aliphatic rings. The predicted molar refractivity (Wildman–Crippen MR) is 537 cm³/mol. The minimum Gasteiger partial charge on any atom is -0.490 e. The summed E-state index contributed by atoms with van der Waals surface area (Å²) < 4.78 is 39.1. The van der Waals surface area contributed by atoms with Crippen molar-refractivity contribution in [3.63, 3.8) is 0 Å². The SMILES string of the molecule is CCCCCCCCCCCCOc1ccc(C#Cc2ccc(-c3nc(-c4ccc(C#Cc5ccc(OCCCCCCCCCCCC)c(OCCCCCCCCCCCC)c5)cc4)nc(-c4ccc(C#Cc5ccc(OCCCCCCCCCCCC)c(OCCCCCCCCCCCC)c5)cc4)n3)cc2)cc1OCCCCCCCCCCCC. The maximum atomic E-state index is 6.56. The van der Waals surface area contributed by atoms with Crippen LogP contribution in [0.25, 0.3) is 34.2 Å². The quantitative estimate of drug-likeness (QED) is 0.0273. The molecule has 0 saturated carbocycles. The third-order valence-corrected chi connectivity index (χ3v) is 24.5. The predicted octanol–water partition coefficient (Wildman–Crippen LogP) is 34.9. The molecule has 7 rings (SSSR count). The number of hydrogen-bond acceptors (Lipinski definition) is 9. The summed E-state index contributed by atoms with van der Waals surface area (Å²) in [6, 6.07) is 43.3. The van der Waals surface area contributed by atoms with Gasteiger partial charge in [-0.05, 0) is 166 Å². The molecule has 690 valence electrons. The summed E-state index contributed by atoms with van der Waals surface area (Å²) >= 11 is 0. The molecule has 0 atom stereocenters. The van der Waals surface area contributed by atoms with Crippen LogP contribution in [0.15, 0.2) is 127 Å². The first-order chi connectivity index (χ1) is 62.4. The lowest BCUT2D eigenvalue weighted by molar-refractivity contribution is 0.258. The average Bonchev–Trinajstić information content (AvgIpc) is 0.798. The van der Waals surface area contributed by atoms with Crippen molar-refractivity contribution in [2.75, 3.05) is 39.6 Å². The maximum absolute atomic E-state index is 6.56. The van der Waals surface area contributed by atoms with E-state index in [9.17, 15) is 0 Å². The second kappa shape index (κ2) is 71.7. The molecule has 7 aromatic rings. The fraction of sp³-hybridized carbons (Fsp3) is 0.615. The van der Waals surface area contributed by atoms with Gasteiger partial charge < -0.3 is 28.4 Å². The largest absolute Gasteiger partial charge is 0.490 e. The standard InChI is InChI=1S/C117H171N3O6/c1-7-13-19-25-31-37-43-49-55-61-91-121-109-88-79-103(97-112(109)124-94-64-58-52-46-40-34-28-22-16-10-4)70-67-100-73-82-106(83-74-100)115-118-116(107-84-75-101(76-85-107)68-71-104-80-89-110(122-92-62-56-50-44-38-32-26-20-14-8-2)113(98-104)125-95-65-59-53-47-41-35-29-23-17-11-5)120-117(119-115)108-86-77-102(78-87-108)69-72-105-81-90-111(123-93-63-57-51-45-39-33-27-21-15-9-3)114(99-105)126-96-66-60-54-48-42-36-30-24-18-12-6/h73-90,97-99H,7-66,91-96H2,1-6H3. The minimum absolute atomic E-state index is 0.559. The molecule has 0 bridgehead atoms. The molecular formula is C117H171N3O6. The summed E-state index contributed by atoms with van der Waals surface area (Å²) in [6.45, 7) is 17.8. The molecule has 0 spiro atoms. The van der Waals surface area contributed by atoms with E-state index in [2.05, 4.69) is 204 Å². The molecule has 0 radical (unpaired) electrons. The highest BCUT2D eigenvalue weighted by atomic mass is 16.5. The molecule has 1 heterocycles. The van der Waals surface area contributed by atoms with Crippen molar-refractivity contribution in [3.8, 4) is 104 Å². The Bertz CT molecular complexity index is 3650. The third kappa shape index (κ3) is 48.3. The zero-order chi connectivity index (χ0) is 88.5. The molecule has 0 N–H and O–H groups in total. The second-order valence-electron chi connectivity index (χ2n) is 36.0. The van der Waals surface area contributed by atoms with E-state index in [-0.39, 0.29) is 0 Å². The van der Waals surface area contributed by atoms with Crippen LogP contribution in [0.4, 0.5) is 0 Å². The zero-order valence-electron chi connectivity index (χ0n) is 80.6. The molecule has 6 aromatic carbocycles. The molecule has 0 aliphatic carbocycles. The van der Waals surface area contributed by atoms with Crippen molar-refractivity contribution in [1.29, 1.82) is 0 Å². The third-order valence-electron chi connectivity index (χ3n) is 24.5. The number of unbranched alkanes of at least 4 members (excludes halogenated alkanes) is 54. The number of aromatic nitrogens is 3. The molecule has 9 heteroatoms. The van der Waals surface area contributed by atoms with E-state index >= 15 is 0 Å². The van der Waals surface area contributed by atoms with E-state index in [1.165, 1.54) is 347 Å². The van der Waals surface area contributed by atoms with Crippen LogP contribution < -0.4 is 28.4 Å². The Labute approximate surface area is 770 Å². The Balaban J connectivity index is 1.10. The molecule has 0 unspecified atom stereocenters. The fourth-order valence-electron chi connectivity index (χ4n) is 16.4. The van der Waals surface area contributed by atoms with Gasteiger partial charge in [-0.25, -0.2) is 15.0 Å². The Hall–Kier alpha value is -8.19. The Morgan fingerprint density at radius 3 is 0.476 bits per heavy atom. The first kappa shape index (κ1) is 105. The van der Waals surface area contributed by atoms with Crippen LogP contribution in [0, 0.1) is 35.5 Å². The number of ether oxygens (including phenoxy) is 6. The molecule has 0 fully saturated rings. The Morgan fingerprint density at radius 2 is 0.302 bits per heavy atom. The van der Waals surface area contributed by atoms with Crippen LogP contribution in [0.5, 0.6) is 34.5 Å². The summed E-state index contributed by atoms with van der Waals surface area (Å²) in [5.74, 6) is 27.2. The van der Waals surface area contributed by atoms with E-state index in [1.54, 1.807) is 0 Å². The lowest BCUT2D eigenvalue weighted by atomic mass is 10.1. The Kier molecular flexibility index (Phi) is 59.7. The number of rotatable bonds is 75. The molecule has 9 nitrogen and oxygen atoms in total.